The average molecular weight is 465 g/mol. The number of sulfonamides is 1. The summed E-state index contributed by atoms with van der Waals surface area (Å²) in [6.07, 6.45) is 0.236. The molecule has 0 bridgehead atoms. The highest BCUT2D eigenvalue weighted by atomic mass is 32.2. The lowest BCUT2D eigenvalue weighted by molar-refractivity contribution is -0.117. The summed E-state index contributed by atoms with van der Waals surface area (Å²) >= 11 is 0. The van der Waals surface area contributed by atoms with E-state index in [-0.39, 0.29) is 11.3 Å². The fraction of sp³-hybridized carbons (Fsp3) is 0.296. The van der Waals surface area contributed by atoms with Crippen LogP contribution in [0.1, 0.15) is 47.6 Å². The Morgan fingerprint density at radius 3 is 2.00 bits per heavy atom. The van der Waals surface area contributed by atoms with Gasteiger partial charge in [-0.15, -0.1) is 0 Å². The zero-order valence-electron chi connectivity index (χ0n) is 19.8. The van der Waals surface area contributed by atoms with Crippen LogP contribution in [0.25, 0.3) is 0 Å². The Balaban J connectivity index is 1.90. The molecule has 0 saturated heterocycles. The fourth-order valence-electron chi connectivity index (χ4n) is 4.06. The molecule has 1 atom stereocenters. The summed E-state index contributed by atoms with van der Waals surface area (Å²) in [5.74, 6) is -0.0180. The smallest absolute Gasteiger partial charge is 0.242 e. The summed E-state index contributed by atoms with van der Waals surface area (Å²) in [6, 6.07) is 19.7. The van der Waals surface area contributed by atoms with E-state index in [4.69, 9.17) is 0 Å². The second kappa shape index (κ2) is 10.3. The first-order valence-electron chi connectivity index (χ1n) is 11.1. The largest absolute Gasteiger partial charge is 0.325 e. The van der Waals surface area contributed by atoms with Crippen molar-refractivity contribution in [1.82, 2.24) is 4.72 Å². The zero-order chi connectivity index (χ0) is 24.2. The number of benzene rings is 3. The van der Waals surface area contributed by atoms with Crippen LogP contribution in [0.15, 0.2) is 71.6 Å². The Kier molecular flexibility index (Phi) is 7.72. The summed E-state index contributed by atoms with van der Waals surface area (Å²) in [7, 11) is -3.92. The Labute approximate surface area is 197 Å². The molecule has 0 heterocycles. The molecule has 2 N–H and O–H groups in total. The van der Waals surface area contributed by atoms with Crippen molar-refractivity contribution in [3.8, 4) is 0 Å². The van der Waals surface area contributed by atoms with E-state index < -0.39 is 22.0 Å². The number of hydrogen-bond acceptors (Lipinski definition) is 3. The summed E-state index contributed by atoms with van der Waals surface area (Å²) in [4.78, 5) is 13.5. The fourth-order valence-corrected chi connectivity index (χ4v) is 5.70. The summed E-state index contributed by atoms with van der Waals surface area (Å²) < 4.78 is 29.4. The number of carbonyl (C=O) groups excluding carboxylic acids is 1. The lowest BCUT2D eigenvalue weighted by Crippen LogP contribution is -2.45. The molecule has 6 heteroatoms. The molecule has 0 spiro atoms. The second-order valence-corrected chi connectivity index (χ2v) is 10.5. The summed E-state index contributed by atoms with van der Waals surface area (Å²) in [6.45, 7) is 9.69. The van der Waals surface area contributed by atoms with Crippen LogP contribution in [0, 0.1) is 20.8 Å². The van der Waals surface area contributed by atoms with Gasteiger partial charge >= 0.3 is 0 Å². The first-order valence-corrected chi connectivity index (χ1v) is 12.6. The third-order valence-corrected chi connectivity index (χ3v) is 7.39. The number of nitrogens with one attached hydrogen (secondary N) is 2. The van der Waals surface area contributed by atoms with Crippen molar-refractivity contribution in [2.75, 3.05) is 5.32 Å². The summed E-state index contributed by atoms with van der Waals surface area (Å²) in [5, 5.41) is 2.87. The van der Waals surface area contributed by atoms with Crippen LogP contribution in [0.4, 0.5) is 5.69 Å². The molecule has 0 saturated carbocycles. The molecule has 0 aliphatic carbocycles. The van der Waals surface area contributed by atoms with Gasteiger partial charge in [-0.3, -0.25) is 4.79 Å². The molecule has 0 radical (unpaired) electrons. The van der Waals surface area contributed by atoms with Crippen LogP contribution in [-0.4, -0.2) is 20.4 Å². The third kappa shape index (κ3) is 6.30. The molecule has 3 aromatic rings. The highest BCUT2D eigenvalue weighted by Gasteiger charge is 2.28. The van der Waals surface area contributed by atoms with Crippen molar-refractivity contribution < 1.29 is 13.2 Å². The predicted octanol–water partition coefficient (Wildman–Crippen LogP) is 5.26. The second-order valence-electron chi connectivity index (χ2n) is 8.86. The van der Waals surface area contributed by atoms with E-state index in [2.05, 4.69) is 23.9 Å². The molecule has 0 fully saturated rings. The monoisotopic (exact) mass is 464 g/mol. The normalized spacial score (nSPS) is 12.5. The van der Waals surface area contributed by atoms with Gasteiger partial charge in [0.1, 0.15) is 6.04 Å². The quantitative estimate of drug-likeness (QED) is 0.477. The highest BCUT2D eigenvalue weighted by molar-refractivity contribution is 7.89. The SMILES string of the molecule is Cc1cc(C)c(S(=O)(=O)N[C@@H](Cc2ccccc2)C(=O)Nc2ccc(C(C)C)cc2)c(C)c1. The Morgan fingerprint density at radius 2 is 1.45 bits per heavy atom. The molecule has 3 rings (SSSR count). The Bertz CT molecular complexity index is 1190. The standard InChI is InChI=1S/C27H32N2O3S/c1-18(2)23-11-13-24(14-12-23)28-27(30)25(17-22-9-7-6-8-10-22)29-33(31,32)26-20(4)15-19(3)16-21(26)5/h6-16,18,25,29H,17H2,1-5H3,(H,28,30)/t25-/m0/s1. The number of aryl methyl sites for hydroxylation is 3. The molecule has 3 aromatic carbocycles. The van der Waals surface area contributed by atoms with E-state index in [1.165, 1.54) is 5.56 Å². The Hall–Kier alpha value is -2.96. The van der Waals surface area contributed by atoms with Crippen LogP contribution in [-0.2, 0) is 21.2 Å². The molecule has 1 amide bonds. The van der Waals surface area contributed by atoms with Crippen molar-refractivity contribution in [3.05, 3.63) is 94.5 Å². The van der Waals surface area contributed by atoms with Gasteiger partial charge in [-0.05, 0) is 67.5 Å². The molecule has 0 aliphatic rings. The molecule has 0 aromatic heterocycles. The minimum absolute atomic E-state index is 0.222. The number of carbonyl (C=O) groups is 1. The van der Waals surface area contributed by atoms with Crippen LogP contribution in [0.2, 0.25) is 0 Å². The molecular formula is C27H32N2O3S. The van der Waals surface area contributed by atoms with Crippen molar-refractivity contribution >= 4 is 21.6 Å². The lowest BCUT2D eigenvalue weighted by Gasteiger charge is -2.21. The van der Waals surface area contributed by atoms with E-state index in [9.17, 15) is 13.2 Å². The van der Waals surface area contributed by atoms with E-state index >= 15 is 0 Å². The maximum Gasteiger partial charge on any atom is 0.242 e. The van der Waals surface area contributed by atoms with Gasteiger partial charge in [0.05, 0.1) is 4.90 Å². The summed E-state index contributed by atoms with van der Waals surface area (Å²) in [5.41, 5.74) is 4.97. The molecular weight excluding hydrogens is 432 g/mol. The van der Waals surface area contributed by atoms with Crippen molar-refractivity contribution in [3.63, 3.8) is 0 Å². The van der Waals surface area contributed by atoms with E-state index in [0.717, 1.165) is 11.1 Å². The van der Waals surface area contributed by atoms with Gasteiger partial charge in [0, 0.05) is 5.69 Å². The maximum atomic E-state index is 13.4. The first-order chi connectivity index (χ1) is 15.6. The highest BCUT2D eigenvalue weighted by Crippen LogP contribution is 2.23. The van der Waals surface area contributed by atoms with E-state index in [1.54, 1.807) is 13.8 Å². The van der Waals surface area contributed by atoms with Crippen molar-refractivity contribution in [2.45, 2.75) is 57.9 Å². The van der Waals surface area contributed by atoms with Crippen molar-refractivity contribution in [2.24, 2.45) is 0 Å². The molecule has 174 valence electrons. The van der Waals surface area contributed by atoms with Gasteiger partial charge in [0.15, 0.2) is 0 Å². The minimum Gasteiger partial charge on any atom is -0.325 e. The number of rotatable bonds is 8. The van der Waals surface area contributed by atoms with Gasteiger partial charge in [-0.2, -0.15) is 4.72 Å². The van der Waals surface area contributed by atoms with Crippen LogP contribution < -0.4 is 10.0 Å². The van der Waals surface area contributed by atoms with Gasteiger partial charge in [0.2, 0.25) is 15.9 Å². The minimum atomic E-state index is -3.92. The molecule has 33 heavy (non-hydrogen) atoms. The number of anilines is 1. The first kappa shape index (κ1) is 24.7. The van der Waals surface area contributed by atoms with Crippen molar-refractivity contribution in [1.29, 1.82) is 0 Å². The number of amides is 1. The van der Waals surface area contributed by atoms with Crippen LogP contribution in [0.3, 0.4) is 0 Å². The van der Waals surface area contributed by atoms with Gasteiger partial charge in [-0.25, -0.2) is 8.42 Å². The molecule has 0 unspecified atom stereocenters. The average Bonchev–Trinajstić information content (AvgIpc) is 2.73. The predicted molar refractivity (Wildman–Crippen MR) is 134 cm³/mol. The lowest BCUT2D eigenvalue weighted by atomic mass is 10.0. The van der Waals surface area contributed by atoms with E-state index in [1.807, 2.05) is 73.7 Å². The van der Waals surface area contributed by atoms with Crippen LogP contribution in [0.5, 0.6) is 0 Å². The van der Waals surface area contributed by atoms with E-state index in [0.29, 0.717) is 22.7 Å². The number of hydrogen-bond donors (Lipinski definition) is 2. The van der Waals surface area contributed by atoms with Gasteiger partial charge < -0.3 is 5.32 Å². The topological polar surface area (TPSA) is 75.3 Å². The Morgan fingerprint density at radius 1 is 0.879 bits per heavy atom. The molecule has 5 nitrogen and oxygen atoms in total. The van der Waals surface area contributed by atoms with Gasteiger partial charge in [0.25, 0.3) is 0 Å². The molecule has 0 aliphatic heterocycles. The van der Waals surface area contributed by atoms with Crippen LogP contribution >= 0.6 is 0 Å². The van der Waals surface area contributed by atoms with Gasteiger partial charge in [-0.1, -0.05) is 74.0 Å². The third-order valence-electron chi connectivity index (χ3n) is 5.61. The zero-order valence-corrected chi connectivity index (χ0v) is 20.7. The maximum absolute atomic E-state index is 13.4.